The van der Waals surface area contributed by atoms with Crippen molar-refractivity contribution >= 4 is 12.6 Å². The predicted molar refractivity (Wildman–Crippen MR) is 17.9 cm³/mol. The molecule has 26 valence electrons. The second-order valence-electron chi connectivity index (χ2n) is 0.0913. The van der Waals surface area contributed by atoms with Crippen molar-refractivity contribution in [1.29, 1.82) is 10.5 Å². The molecule has 0 aliphatic heterocycles. The molecule has 0 atom stereocenters. The van der Waals surface area contributed by atoms with Gasteiger partial charge in [0.25, 0.3) is 0 Å². The zero-order valence-corrected chi connectivity index (χ0v) is 6.79. The molecule has 0 fully saturated rings. The number of hydrogen-bond donors (Lipinski definition) is 0. The molecule has 0 bridgehead atoms. The fourth-order valence-electron chi connectivity index (χ4n) is 0. The second-order valence-corrected chi connectivity index (χ2v) is 0.274. The van der Waals surface area contributed by atoms with E-state index in [0.29, 0.717) is 0 Å². The Kier molecular flexibility index (Phi) is 295. The van der Waals surface area contributed by atoms with Crippen LogP contribution in [-0.4, -0.2) is 0 Å². The summed E-state index contributed by atoms with van der Waals surface area (Å²) in [6, 6.07) is 0. The summed E-state index contributed by atoms with van der Waals surface area (Å²) in [5.41, 5.74) is 0. The van der Waals surface area contributed by atoms with Gasteiger partial charge < -0.3 is 24.5 Å². The summed E-state index contributed by atoms with van der Waals surface area (Å²) in [6.45, 7) is 4.75. The van der Waals surface area contributed by atoms with Crippen molar-refractivity contribution < 1.29 is 19.5 Å². The normalized spacial score (nSPS) is 1.50. The van der Waals surface area contributed by atoms with Gasteiger partial charge in [-0.2, -0.15) is 0 Å². The molecule has 0 unspecified atom stereocenters. The van der Waals surface area contributed by atoms with Gasteiger partial charge in [0.1, 0.15) is 0 Å². The Morgan fingerprint density at radius 3 is 1.50 bits per heavy atom. The van der Waals surface area contributed by atoms with E-state index in [4.69, 9.17) is 17.1 Å². The van der Waals surface area contributed by atoms with E-state index in [2.05, 4.69) is 12.6 Å². The van der Waals surface area contributed by atoms with E-state index in [1.165, 1.54) is 5.40 Å². The molecule has 0 aromatic carbocycles. The molecule has 2 nitrogen and oxygen atoms in total. The largest absolute Gasteiger partial charge is 2.00 e. The van der Waals surface area contributed by atoms with Gasteiger partial charge >= 0.3 is 19.5 Å². The molecule has 0 radical (unpaired) electrons. The van der Waals surface area contributed by atoms with Crippen molar-refractivity contribution in [2.24, 2.45) is 0 Å². The summed E-state index contributed by atoms with van der Waals surface area (Å²) in [4.78, 5) is 0. The third-order valence-electron chi connectivity index (χ3n) is 0. The first-order valence-corrected chi connectivity index (χ1v) is 1.06. The van der Waals surface area contributed by atoms with E-state index in [1.54, 1.807) is 0 Å². The van der Waals surface area contributed by atoms with Gasteiger partial charge in [-0.1, -0.05) is 5.40 Å². The fraction of sp³-hybridized carbons (Fsp3) is 0. The van der Waals surface area contributed by atoms with Gasteiger partial charge in [-0.25, -0.2) is 5.26 Å². The van der Waals surface area contributed by atoms with Crippen LogP contribution in [0.5, 0.6) is 0 Å². The predicted octanol–water partition coefficient (Wildman–Crippen LogP) is 0.108. The minimum atomic E-state index is 0. The SMILES string of the molecule is N#C[S-].[C-]#N.[Zn+2]. The Bertz CT molecular complexity index is 54.3. The van der Waals surface area contributed by atoms with E-state index in [9.17, 15) is 0 Å². The molecule has 0 aromatic heterocycles. The molecule has 0 saturated carbocycles. The third-order valence-corrected chi connectivity index (χ3v) is 0. The molecule has 0 amide bonds. The minimum Gasteiger partial charge on any atom is -0.696 e. The molecule has 0 aliphatic rings. The molecule has 6 heavy (non-hydrogen) atoms. The Morgan fingerprint density at radius 1 is 1.50 bits per heavy atom. The Labute approximate surface area is 54.9 Å². The van der Waals surface area contributed by atoms with E-state index < -0.39 is 0 Å². The first-order chi connectivity index (χ1) is 2.41. The minimum absolute atomic E-state index is 0. The van der Waals surface area contributed by atoms with Crippen LogP contribution >= 0.6 is 0 Å². The summed E-state index contributed by atoms with van der Waals surface area (Å²) in [5, 5.41) is 14.7. The van der Waals surface area contributed by atoms with Gasteiger partial charge in [-0.15, -0.1) is 0 Å². The topological polar surface area (TPSA) is 47.6 Å². The molecule has 0 N–H and O–H groups in total. The van der Waals surface area contributed by atoms with Crippen LogP contribution in [0.4, 0.5) is 0 Å². The smallest absolute Gasteiger partial charge is 0.696 e. The van der Waals surface area contributed by atoms with Crippen LogP contribution in [0.2, 0.25) is 0 Å². The van der Waals surface area contributed by atoms with E-state index in [-0.39, 0.29) is 19.5 Å². The summed E-state index contributed by atoms with van der Waals surface area (Å²) in [7, 11) is 0. The Morgan fingerprint density at radius 2 is 1.50 bits per heavy atom. The van der Waals surface area contributed by atoms with Crippen LogP contribution in [-0.2, 0) is 32.1 Å². The van der Waals surface area contributed by atoms with Crippen molar-refractivity contribution in [3.63, 3.8) is 0 Å². The number of rotatable bonds is 0. The maximum Gasteiger partial charge on any atom is 2.00 e. The molecule has 0 heterocycles. The van der Waals surface area contributed by atoms with Crippen LogP contribution in [0.15, 0.2) is 0 Å². The van der Waals surface area contributed by atoms with Gasteiger partial charge in [0, 0.05) is 0 Å². The van der Waals surface area contributed by atoms with Gasteiger partial charge in [0.2, 0.25) is 0 Å². The Balaban J connectivity index is -0.0000000275. The van der Waals surface area contributed by atoms with Crippen molar-refractivity contribution in [3.8, 4) is 5.40 Å². The molecular weight excluding hydrogens is 149 g/mol. The second kappa shape index (κ2) is 104. The molecule has 4 heteroatoms. The molecule has 0 saturated heterocycles. The van der Waals surface area contributed by atoms with Crippen LogP contribution in [0, 0.1) is 22.5 Å². The van der Waals surface area contributed by atoms with Crippen molar-refractivity contribution in [2.45, 2.75) is 0 Å². The summed E-state index contributed by atoms with van der Waals surface area (Å²) in [5.74, 6) is 0. The van der Waals surface area contributed by atoms with Crippen molar-refractivity contribution in [2.75, 3.05) is 0 Å². The van der Waals surface area contributed by atoms with Crippen LogP contribution in [0.1, 0.15) is 0 Å². The number of hydrogen-bond acceptors (Lipinski definition) is 3. The third kappa shape index (κ3) is 977. The molecule has 0 spiro atoms. The molecule has 0 rings (SSSR count). The average Bonchev–Trinajstić information content (AvgIpc) is 1.46. The van der Waals surface area contributed by atoms with E-state index in [0.717, 1.165) is 0 Å². The van der Waals surface area contributed by atoms with E-state index in [1.807, 2.05) is 0 Å². The van der Waals surface area contributed by atoms with Gasteiger partial charge in [0.15, 0.2) is 0 Å². The van der Waals surface area contributed by atoms with Crippen LogP contribution < -0.4 is 0 Å². The van der Waals surface area contributed by atoms with Gasteiger partial charge in [0.05, 0.1) is 0 Å². The monoisotopic (exact) mass is 148 g/mol. The number of thiocyanates is 1. The first-order valence-electron chi connectivity index (χ1n) is 0.651. The maximum absolute atomic E-state index is 7.13. The quantitative estimate of drug-likeness (QED) is 0.213. The molecule has 0 aliphatic carbocycles. The molecule has 0 aromatic rings. The van der Waals surface area contributed by atoms with E-state index >= 15 is 0 Å². The first kappa shape index (κ1) is 17.0. The Hall–Kier alpha value is -0.177. The standard InChI is InChI=1S/CHNS.CN.Zn/c2-1-3;1-2;/h3H;;/q;-1;+2/p-1. The maximum atomic E-state index is 7.13. The van der Waals surface area contributed by atoms with Crippen LogP contribution in [0.3, 0.4) is 0 Å². The molecular formula is C2N2SZn. The fourth-order valence-corrected chi connectivity index (χ4v) is 0. The van der Waals surface area contributed by atoms with Crippen molar-refractivity contribution in [1.82, 2.24) is 0 Å². The zero-order valence-electron chi connectivity index (χ0n) is 3.01. The van der Waals surface area contributed by atoms with Gasteiger partial charge in [-0.3, -0.25) is 0 Å². The van der Waals surface area contributed by atoms with Crippen molar-refractivity contribution in [3.05, 3.63) is 6.57 Å². The summed E-state index contributed by atoms with van der Waals surface area (Å²) >= 11 is 3.70. The summed E-state index contributed by atoms with van der Waals surface area (Å²) < 4.78 is 0. The summed E-state index contributed by atoms with van der Waals surface area (Å²) in [6.07, 6.45) is 0. The average molecular weight is 149 g/mol. The number of nitrogens with zero attached hydrogens (tertiary/aromatic N) is 2. The van der Waals surface area contributed by atoms with Crippen LogP contribution in [0.25, 0.3) is 0 Å². The van der Waals surface area contributed by atoms with Gasteiger partial charge in [-0.05, 0) is 0 Å². The zero-order chi connectivity index (χ0) is 4.71. The number of nitriles is 1.